The highest BCUT2D eigenvalue weighted by molar-refractivity contribution is 5.56. The fraction of sp³-hybridized carbons (Fsp3) is 0.250. The second kappa shape index (κ2) is 4.81. The Morgan fingerprint density at radius 1 is 1.19 bits per heavy atom. The molecule has 0 radical (unpaired) electrons. The minimum absolute atomic E-state index is 0.501. The molecule has 1 aromatic heterocycles. The number of nitrogens with zero attached hydrogens (tertiary/aromatic N) is 2. The standard InChI is InChI=1S/C12H14N2O2/c1-15-9-14-8-7-13-12(14)10-3-5-11(16-2)6-4-10/h3-8H,9H2,1-2H3. The molecule has 0 fully saturated rings. The van der Waals surface area contributed by atoms with Crippen molar-refractivity contribution in [2.24, 2.45) is 0 Å². The number of ether oxygens (including phenoxy) is 2. The lowest BCUT2D eigenvalue weighted by molar-refractivity contribution is 0.132. The van der Waals surface area contributed by atoms with Crippen LogP contribution in [0, 0.1) is 0 Å². The number of hydrogen-bond acceptors (Lipinski definition) is 3. The van der Waals surface area contributed by atoms with E-state index in [4.69, 9.17) is 9.47 Å². The number of hydrogen-bond donors (Lipinski definition) is 0. The number of benzene rings is 1. The van der Waals surface area contributed by atoms with Crippen LogP contribution in [0.1, 0.15) is 0 Å². The Morgan fingerprint density at radius 2 is 1.94 bits per heavy atom. The van der Waals surface area contributed by atoms with Crippen molar-refractivity contribution in [2.75, 3.05) is 14.2 Å². The van der Waals surface area contributed by atoms with Gasteiger partial charge >= 0.3 is 0 Å². The number of rotatable bonds is 4. The molecule has 0 aliphatic rings. The molecule has 4 nitrogen and oxygen atoms in total. The topological polar surface area (TPSA) is 36.3 Å². The number of aromatic nitrogens is 2. The number of methoxy groups -OCH3 is 2. The molecule has 1 aromatic carbocycles. The lowest BCUT2D eigenvalue weighted by Gasteiger charge is -2.07. The molecule has 0 bridgehead atoms. The van der Waals surface area contributed by atoms with Crippen LogP contribution in [0.2, 0.25) is 0 Å². The molecular formula is C12H14N2O2. The van der Waals surface area contributed by atoms with Gasteiger partial charge in [0.15, 0.2) is 0 Å². The predicted molar refractivity (Wildman–Crippen MR) is 61.2 cm³/mol. The van der Waals surface area contributed by atoms with Crippen LogP contribution in [-0.2, 0) is 11.5 Å². The molecule has 0 aliphatic heterocycles. The van der Waals surface area contributed by atoms with Crippen LogP contribution in [0.4, 0.5) is 0 Å². The zero-order chi connectivity index (χ0) is 11.4. The molecule has 2 aromatic rings. The maximum atomic E-state index is 5.11. The van der Waals surface area contributed by atoms with Gasteiger partial charge in [0.25, 0.3) is 0 Å². The third kappa shape index (κ3) is 2.06. The fourth-order valence-electron chi connectivity index (χ4n) is 1.55. The van der Waals surface area contributed by atoms with E-state index in [0.717, 1.165) is 17.1 Å². The van der Waals surface area contributed by atoms with Gasteiger partial charge in [-0.25, -0.2) is 4.98 Å². The van der Waals surface area contributed by atoms with E-state index in [-0.39, 0.29) is 0 Å². The Labute approximate surface area is 94.4 Å². The second-order valence-electron chi connectivity index (χ2n) is 3.37. The van der Waals surface area contributed by atoms with Crippen molar-refractivity contribution in [3.8, 4) is 17.1 Å². The Balaban J connectivity index is 2.31. The Bertz CT molecular complexity index is 448. The highest BCUT2D eigenvalue weighted by Crippen LogP contribution is 2.20. The summed E-state index contributed by atoms with van der Waals surface area (Å²) in [6.07, 6.45) is 3.65. The molecule has 0 N–H and O–H groups in total. The summed E-state index contributed by atoms with van der Waals surface area (Å²) in [6, 6.07) is 7.79. The van der Waals surface area contributed by atoms with E-state index < -0.39 is 0 Å². The van der Waals surface area contributed by atoms with Crippen molar-refractivity contribution in [2.45, 2.75) is 6.73 Å². The van der Waals surface area contributed by atoms with Crippen molar-refractivity contribution >= 4 is 0 Å². The summed E-state index contributed by atoms with van der Waals surface area (Å²) in [7, 11) is 3.32. The zero-order valence-corrected chi connectivity index (χ0v) is 9.38. The molecule has 4 heteroatoms. The predicted octanol–water partition coefficient (Wildman–Crippen LogP) is 2.16. The van der Waals surface area contributed by atoms with E-state index in [1.807, 2.05) is 35.0 Å². The summed E-state index contributed by atoms with van der Waals surface area (Å²) in [4.78, 5) is 4.30. The summed E-state index contributed by atoms with van der Waals surface area (Å²) >= 11 is 0. The summed E-state index contributed by atoms with van der Waals surface area (Å²) < 4.78 is 12.2. The third-order valence-corrected chi connectivity index (χ3v) is 2.33. The Kier molecular flexibility index (Phi) is 3.22. The largest absolute Gasteiger partial charge is 0.497 e. The molecule has 0 amide bonds. The van der Waals surface area contributed by atoms with Gasteiger partial charge in [-0.05, 0) is 24.3 Å². The number of imidazole rings is 1. The monoisotopic (exact) mass is 218 g/mol. The van der Waals surface area contributed by atoms with Gasteiger partial charge in [-0.2, -0.15) is 0 Å². The van der Waals surface area contributed by atoms with Gasteiger partial charge in [-0.3, -0.25) is 0 Å². The molecule has 0 unspecified atom stereocenters. The molecule has 1 heterocycles. The van der Waals surface area contributed by atoms with Gasteiger partial charge in [0, 0.05) is 25.1 Å². The molecule has 84 valence electrons. The zero-order valence-electron chi connectivity index (χ0n) is 9.38. The maximum Gasteiger partial charge on any atom is 0.141 e. The summed E-state index contributed by atoms with van der Waals surface area (Å²) in [5.41, 5.74) is 1.04. The van der Waals surface area contributed by atoms with Gasteiger partial charge in [-0.15, -0.1) is 0 Å². The average molecular weight is 218 g/mol. The molecule has 0 atom stereocenters. The van der Waals surface area contributed by atoms with E-state index in [9.17, 15) is 0 Å². The summed E-state index contributed by atoms with van der Waals surface area (Å²) in [6.45, 7) is 0.501. The van der Waals surface area contributed by atoms with E-state index in [1.54, 1.807) is 20.4 Å². The van der Waals surface area contributed by atoms with Crippen molar-refractivity contribution in [3.05, 3.63) is 36.7 Å². The van der Waals surface area contributed by atoms with Gasteiger partial charge in [-0.1, -0.05) is 0 Å². The van der Waals surface area contributed by atoms with Gasteiger partial charge < -0.3 is 14.0 Å². The van der Waals surface area contributed by atoms with E-state index >= 15 is 0 Å². The van der Waals surface area contributed by atoms with Crippen LogP contribution in [0.15, 0.2) is 36.7 Å². The lowest BCUT2D eigenvalue weighted by Crippen LogP contribution is -2.00. The van der Waals surface area contributed by atoms with Gasteiger partial charge in [0.1, 0.15) is 18.3 Å². The van der Waals surface area contributed by atoms with E-state index in [2.05, 4.69) is 4.98 Å². The van der Waals surface area contributed by atoms with Crippen molar-refractivity contribution in [1.82, 2.24) is 9.55 Å². The molecule has 2 rings (SSSR count). The summed E-state index contributed by atoms with van der Waals surface area (Å²) in [5.74, 6) is 1.73. The van der Waals surface area contributed by atoms with Crippen LogP contribution >= 0.6 is 0 Å². The minimum Gasteiger partial charge on any atom is -0.497 e. The smallest absolute Gasteiger partial charge is 0.141 e. The third-order valence-electron chi connectivity index (χ3n) is 2.33. The maximum absolute atomic E-state index is 5.11. The SMILES string of the molecule is COCn1ccnc1-c1ccc(OC)cc1. The van der Waals surface area contributed by atoms with Gasteiger partial charge in [0.05, 0.1) is 7.11 Å². The fourth-order valence-corrected chi connectivity index (χ4v) is 1.55. The second-order valence-corrected chi connectivity index (χ2v) is 3.37. The van der Waals surface area contributed by atoms with Crippen LogP contribution in [0.25, 0.3) is 11.4 Å². The van der Waals surface area contributed by atoms with Crippen LogP contribution in [0.3, 0.4) is 0 Å². The molecule has 0 spiro atoms. The quantitative estimate of drug-likeness (QED) is 0.789. The normalized spacial score (nSPS) is 10.4. The minimum atomic E-state index is 0.501. The first kappa shape index (κ1) is 10.7. The van der Waals surface area contributed by atoms with Gasteiger partial charge in [0.2, 0.25) is 0 Å². The highest BCUT2D eigenvalue weighted by Gasteiger charge is 2.05. The van der Waals surface area contributed by atoms with Crippen LogP contribution in [0.5, 0.6) is 5.75 Å². The molecule has 0 saturated carbocycles. The molecular weight excluding hydrogens is 204 g/mol. The van der Waals surface area contributed by atoms with Crippen LogP contribution < -0.4 is 4.74 Å². The van der Waals surface area contributed by atoms with Crippen molar-refractivity contribution < 1.29 is 9.47 Å². The van der Waals surface area contributed by atoms with Crippen molar-refractivity contribution in [3.63, 3.8) is 0 Å². The Morgan fingerprint density at radius 3 is 2.56 bits per heavy atom. The molecule has 16 heavy (non-hydrogen) atoms. The Hall–Kier alpha value is -1.81. The summed E-state index contributed by atoms with van der Waals surface area (Å²) in [5, 5.41) is 0. The van der Waals surface area contributed by atoms with Crippen molar-refractivity contribution in [1.29, 1.82) is 0 Å². The molecule has 0 aliphatic carbocycles. The first-order chi connectivity index (χ1) is 7.85. The lowest BCUT2D eigenvalue weighted by atomic mass is 10.2. The van der Waals surface area contributed by atoms with E-state index in [1.165, 1.54) is 0 Å². The average Bonchev–Trinajstić information content (AvgIpc) is 2.78. The first-order valence-corrected chi connectivity index (χ1v) is 4.99. The van der Waals surface area contributed by atoms with Crippen LogP contribution in [-0.4, -0.2) is 23.8 Å². The van der Waals surface area contributed by atoms with E-state index in [0.29, 0.717) is 6.73 Å². The molecule has 0 saturated heterocycles. The first-order valence-electron chi connectivity index (χ1n) is 4.99. The highest BCUT2D eigenvalue weighted by atomic mass is 16.5.